The summed E-state index contributed by atoms with van der Waals surface area (Å²) in [5.74, 6) is 0.336. The molecule has 0 spiro atoms. The molecule has 130 valence electrons. The summed E-state index contributed by atoms with van der Waals surface area (Å²) < 4.78 is 5.33. The summed E-state index contributed by atoms with van der Waals surface area (Å²) in [5.41, 5.74) is 1.97. The van der Waals surface area contributed by atoms with Gasteiger partial charge in [0.2, 0.25) is 5.91 Å². The highest BCUT2D eigenvalue weighted by Crippen LogP contribution is 2.28. The summed E-state index contributed by atoms with van der Waals surface area (Å²) >= 11 is 0. The Morgan fingerprint density at radius 3 is 2.84 bits per heavy atom. The van der Waals surface area contributed by atoms with E-state index in [1.54, 1.807) is 18.3 Å². The number of ether oxygens (including phenoxy) is 1. The minimum absolute atomic E-state index is 0.0852. The number of anilines is 2. The third-order valence-corrected chi connectivity index (χ3v) is 4.02. The summed E-state index contributed by atoms with van der Waals surface area (Å²) in [4.78, 5) is 29.9. The van der Waals surface area contributed by atoms with Crippen molar-refractivity contribution in [2.24, 2.45) is 0 Å². The van der Waals surface area contributed by atoms with Crippen molar-refractivity contribution in [2.75, 3.05) is 23.4 Å². The molecule has 1 aliphatic heterocycles. The smallest absolute Gasteiger partial charge is 0.266 e. The number of pyridine rings is 1. The van der Waals surface area contributed by atoms with Crippen LogP contribution in [0.25, 0.3) is 0 Å². The van der Waals surface area contributed by atoms with Gasteiger partial charge in [0.05, 0.1) is 0 Å². The molecule has 1 aliphatic rings. The highest BCUT2D eigenvalue weighted by molar-refractivity contribution is 6.04. The minimum atomic E-state index is -0.281. The van der Waals surface area contributed by atoms with Crippen LogP contribution in [-0.2, 0) is 16.0 Å². The van der Waals surface area contributed by atoms with E-state index in [0.29, 0.717) is 17.3 Å². The maximum Gasteiger partial charge on any atom is 0.266 e. The number of nitrogens with one attached hydrogen (secondary N) is 1. The first-order valence-corrected chi connectivity index (χ1v) is 8.44. The molecule has 0 bridgehead atoms. The van der Waals surface area contributed by atoms with Crippen LogP contribution >= 0.6 is 0 Å². The first kappa shape index (κ1) is 17.0. The molecule has 0 fully saturated rings. The van der Waals surface area contributed by atoms with E-state index in [1.807, 2.05) is 24.3 Å². The van der Waals surface area contributed by atoms with Crippen LogP contribution in [0.15, 0.2) is 42.6 Å². The molecule has 2 aromatic rings. The number of rotatable bonds is 6. The molecule has 1 aromatic carbocycles. The fourth-order valence-corrected chi connectivity index (χ4v) is 2.68. The number of benzene rings is 1. The Bertz CT molecular complexity index is 759. The van der Waals surface area contributed by atoms with E-state index in [1.165, 1.54) is 10.5 Å². The van der Waals surface area contributed by atoms with E-state index in [4.69, 9.17) is 4.74 Å². The van der Waals surface area contributed by atoms with Crippen LogP contribution in [0.5, 0.6) is 5.75 Å². The largest absolute Gasteiger partial charge is 0.480 e. The van der Waals surface area contributed by atoms with Crippen LogP contribution in [0.1, 0.15) is 25.3 Å². The number of nitrogens with zero attached hydrogens (tertiary/aromatic N) is 2. The third kappa shape index (κ3) is 4.15. The highest BCUT2D eigenvalue weighted by Gasteiger charge is 2.28. The van der Waals surface area contributed by atoms with Crippen molar-refractivity contribution < 1.29 is 14.3 Å². The first-order chi connectivity index (χ1) is 12.2. The van der Waals surface area contributed by atoms with Gasteiger partial charge < -0.3 is 10.1 Å². The van der Waals surface area contributed by atoms with Gasteiger partial charge in [-0.2, -0.15) is 0 Å². The molecule has 0 aliphatic carbocycles. The van der Waals surface area contributed by atoms with Crippen molar-refractivity contribution in [3.05, 3.63) is 48.2 Å². The van der Waals surface area contributed by atoms with Gasteiger partial charge in [-0.25, -0.2) is 4.98 Å². The van der Waals surface area contributed by atoms with Crippen molar-refractivity contribution in [2.45, 2.75) is 26.2 Å². The standard InChI is InChI=1S/C19H21N3O3/c1-2-3-5-14-7-9-15(10-8-14)21-17(23)12-22-18(24)13-25-16-6-4-11-20-19(16)22/h4,6-11H,2-3,5,12-13H2,1H3,(H,21,23). The molecule has 0 atom stereocenters. The van der Waals surface area contributed by atoms with Crippen LogP contribution in [-0.4, -0.2) is 29.9 Å². The Morgan fingerprint density at radius 1 is 1.28 bits per heavy atom. The Balaban J connectivity index is 1.63. The van der Waals surface area contributed by atoms with E-state index in [0.717, 1.165) is 19.3 Å². The first-order valence-electron chi connectivity index (χ1n) is 8.44. The van der Waals surface area contributed by atoms with E-state index in [2.05, 4.69) is 17.2 Å². The second-order valence-corrected chi connectivity index (χ2v) is 5.94. The average molecular weight is 339 g/mol. The van der Waals surface area contributed by atoms with E-state index in [9.17, 15) is 9.59 Å². The molecule has 2 amide bonds. The van der Waals surface area contributed by atoms with Crippen LogP contribution in [0.4, 0.5) is 11.5 Å². The molecule has 6 heteroatoms. The average Bonchev–Trinajstić information content (AvgIpc) is 2.63. The molecular formula is C19H21N3O3. The SMILES string of the molecule is CCCCc1ccc(NC(=O)CN2C(=O)COc3cccnc32)cc1. The van der Waals surface area contributed by atoms with E-state index in [-0.39, 0.29) is 25.0 Å². The van der Waals surface area contributed by atoms with Gasteiger partial charge in [0.15, 0.2) is 18.2 Å². The van der Waals surface area contributed by atoms with Crippen LogP contribution in [0, 0.1) is 0 Å². The van der Waals surface area contributed by atoms with Gasteiger partial charge in [0, 0.05) is 11.9 Å². The second-order valence-electron chi connectivity index (χ2n) is 5.94. The predicted molar refractivity (Wildman–Crippen MR) is 95.8 cm³/mol. The lowest BCUT2D eigenvalue weighted by Gasteiger charge is -2.27. The van der Waals surface area contributed by atoms with Crippen LogP contribution in [0.3, 0.4) is 0 Å². The number of carbonyl (C=O) groups is 2. The fraction of sp³-hybridized carbons (Fsp3) is 0.316. The normalized spacial score (nSPS) is 13.2. The van der Waals surface area contributed by atoms with Crippen LogP contribution < -0.4 is 15.0 Å². The van der Waals surface area contributed by atoms with E-state index < -0.39 is 0 Å². The number of carbonyl (C=O) groups excluding carboxylic acids is 2. The zero-order chi connectivity index (χ0) is 17.6. The number of hydrogen-bond donors (Lipinski definition) is 1. The summed E-state index contributed by atoms with van der Waals surface area (Å²) in [6, 6.07) is 11.3. The number of amides is 2. The molecule has 2 heterocycles. The minimum Gasteiger partial charge on any atom is -0.480 e. The summed E-state index contributed by atoms with van der Waals surface area (Å²) in [6.45, 7) is 1.98. The molecule has 0 saturated heterocycles. The Hall–Kier alpha value is -2.89. The lowest BCUT2D eigenvalue weighted by atomic mass is 10.1. The molecule has 0 unspecified atom stereocenters. The highest BCUT2D eigenvalue weighted by atomic mass is 16.5. The maximum atomic E-state index is 12.3. The lowest BCUT2D eigenvalue weighted by molar-refractivity contribution is -0.123. The Morgan fingerprint density at radius 2 is 2.08 bits per heavy atom. The third-order valence-electron chi connectivity index (χ3n) is 4.02. The number of hydrogen-bond acceptors (Lipinski definition) is 4. The van der Waals surface area contributed by atoms with Gasteiger partial charge in [0.25, 0.3) is 5.91 Å². The molecule has 25 heavy (non-hydrogen) atoms. The van der Waals surface area contributed by atoms with Gasteiger partial charge in [-0.05, 0) is 42.7 Å². The Kier molecular flexibility index (Phi) is 5.28. The van der Waals surface area contributed by atoms with Crippen molar-refractivity contribution in [3.8, 4) is 5.75 Å². The summed E-state index contributed by atoms with van der Waals surface area (Å²) in [5, 5.41) is 2.82. The predicted octanol–water partition coefficient (Wildman–Crippen LogP) is 2.79. The zero-order valence-electron chi connectivity index (χ0n) is 14.2. The molecule has 6 nitrogen and oxygen atoms in total. The molecule has 0 radical (unpaired) electrons. The summed E-state index contributed by atoms with van der Waals surface area (Å²) in [6.07, 6.45) is 4.91. The maximum absolute atomic E-state index is 12.3. The number of unbranched alkanes of at least 4 members (excludes halogenated alkanes) is 1. The number of aryl methyl sites for hydroxylation is 1. The molecule has 1 aromatic heterocycles. The topological polar surface area (TPSA) is 71.5 Å². The molecule has 3 rings (SSSR count). The van der Waals surface area contributed by atoms with Crippen molar-refractivity contribution in [1.29, 1.82) is 0 Å². The van der Waals surface area contributed by atoms with Gasteiger partial charge in [-0.1, -0.05) is 25.5 Å². The Labute approximate surface area is 146 Å². The monoisotopic (exact) mass is 339 g/mol. The van der Waals surface area contributed by atoms with Crippen LogP contribution in [0.2, 0.25) is 0 Å². The lowest BCUT2D eigenvalue weighted by Crippen LogP contribution is -2.43. The number of aromatic nitrogens is 1. The van der Waals surface area contributed by atoms with Crippen molar-refractivity contribution in [1.82, 2.24) is 4.98 Å². The van der Waals surface area contributed by atoms with Crippen molar-refractivity contribution in [3.63, 3.8) is 0 Å². The zero-order valence-corrected chi connectivity index (χ0v) is 14.2. The van der Waals surface area contributed by atoms with Gasteiger partial charge in [0.1, 0.15) is 6.54 Å². The molecule has 0 saturated carbocycles. The van der Waals surface area contributed by atoms with Gasteiger partial charge >= 0.3 is 0 Å². The van der Waals surface area contributed by atoms with Crippen molar-refractivity contribution >= 4 is 23.3 Å². The second kappa shape index (κ2) is 7.79. The quantitative estimate of drug-likeness (QED) is 0.878. The van der Waals surface area contributed by atoms with E-state index >= 15 is 0 Å². The van der Waals surface area contributed by atoms with Gasteiger partial charge in [-0.3, -0.25) is 14.5 Å². The van der Waals surface area contributed by atoms with Gasteiger partial charge in [-0.15, -0.1) is 0 Å². The molecule has 1 N–H and O–H groups in total. The fourth-order valence-electron chi connectivity index (χ4n) is 2.68. The number of fused-ring (bicyclic) bond motifs is 1. The summed E-state index contributed by atoms with van der Waals surface area (Å²) in [7, 11) is 0. The molecular weight excluding hydrogens is 318 g/mol.